The Morgan fingerprint density at radius 3 is 2.33 bits per heavy atom. The van der Waals surface area contributed by atoms with E-state index in [1.807, 2.05) is 79.7 Å². The molecule has 0 unspecified atom stereocenters. The van der Waals surface area contributed by atoms with Gasteiger partial charge in [-0.1, -0.05) is 35.9 Å². The van der Waals surface area contributed by atoms with Gasteiger partial charge in [0.05, 0.1) is 11.4 Å². The predicted molar refractivity (Wildman–Crippen MR) is 106 cm³/mol. The highest BCUT2D eigenvalue weighted by atomic mass is 16.1. The van der Waals surface area contributed by atoms with Gasteiger partial charge in [0, 0.05) is 29.6 Å². The number of benzene rings is 2. The number of carbonyl (C=O) groups is 1. The number of para-hydroxylation sites is 1. The second-order valence-electron chi connectivity index (χ2n) is 6.22. The third kappa shape index (κ3) is 3.62. The monoisotopic (exact) mass is 354 g/mol. The van der Waals surface area contributed by atoms with Gasteiger partial charge in [-0.2, -0.15) is 5.10 Å². The lowest BCUT2D eigenvalue weighted by Gasteiger charge is -2.09. The van der Waals surface area contributed by atoms with Gasteiger partial charge >= 0.3 is 0 Å². The third-order valence-corrected chi connectivity index (χ3v) is 4.24. The number of nitrogens with zero attached hydrogens (tertiary/aromatic N) is 3. The van der Waals surface area contributed by atoms with Gasteiger partial charge in [-0.05, 0) is 43.3 Å². The van der Waals surface area contributed by atoms with Crippen molar-refractivity contribution in [2.24, 2.45) is 0 Å². The van der Waals surface area contributed by atoms with E-state index >= 15 is 0 Å². The zero-order valence-corrected chi connectivity index (χ0v) is 14.8. The van der Waals surface area contributed by atoms with E-state index in [1.54, 1.807) is 17.1 Å². The molecule has 0 aliphatic rings. The van der Waals surface area contributed by atoms with Crippen molar-refractivity contribution in [1.29, 1.82) is 0 Å². The Bertz CT molecular complexity index is 1050. The van der Waals surface area contributed by atoms with Gasteiger partial charge in [0.2, 0.25) is 0 Å². The van der Waals surface area contributed by atoms with Crippen LogP contribution >= 0.6 is 0 Å². The molecular weight excluding hydrogens is 336 g/mol. The molecule has 0 aliphatic heterocycles. The molecule has 1 amide bonds. The first-order chi connectivity index (χ1) is 13.2. The molecule has 0 atom stereocenters. The lowest BCUT2D eigenvalue weighted by Crippen LogP contribution is -2.15. The maximum absolute atomic E-state index is 12.7. The van der Waals surface area contributed by atoms with Gasteiger partial charge in [0.25, 0.3) is 5.91 Å². The lowest BCUT2D eigenvalue weighted by molar-refractivity contribution is 0.102. The Morgan fingerprint density at radius 2 is 1.63 bits per heavy atom. The summed E-state index contributed by atoms with van der Waals surface area (Å²) in [5, 5.41) is 7.67. The molecule has 2 aromatic heterocycles. The minimum absolute atomic E-state index is 0.173. The van der Waals surface area contributed by atoms with Crippen molar-refractivity contribution in [2.45, 2.75) is 6.92 Å². The van der Waals surface area contributed by atoms with Crippen LogP contribution in [0, 0.1) is 6.92 Å². The van der Waals surface area contributed by atoms with Gasteiger partial charge in [-0.3, -0.25) is 9.78 Å². The molecule has 27 heavy (non-hydrogen) atoms. The first-order valence-corrected chi connectivity index (χ1v) is 8.64. The molecule has 0 radical (unpaired) electrons. The molecule has 5 heteroatoms. The normalized spacial score (nSPS) is 10.6. The van der Waals surface area contributed by atoms with Crippen LogP contribution in [-0.4, -0.2) is 20.7 Å². The Morgan fingerprint density at radius 1 is 0.926 bits per heavy atom. The minimum atomic E-state index is -0.173. The maximum Gasteiger partial charge on any atom is 0.256 e. The van der Waals surface area contributed by atoms with Crippen molar-refractivity contribution in [2.75, 3.05) is 5.32 Å². The summed E-state index contributed by atoms with van der Waals surface area (Å²) in [5.41, 5.74) is 4.29. The second kappa shape index (κ2) is 7.25. The number of rotatable bonds is 4. The van der Waals surface area contributed by atoms with E-state index in [-0.39, 0.29) is 5.91 Å². The van der Waals surface area contributed by atoms with E-state index in [9.17, 15) is 4.79 Å². The first kappa shape index (κ1) is 16.7. The van der Waals surface area contributed by atoms with E-state index in [0.29, 0.717) is 11.4 Å². The standard InChI is InChI=1S/C22H18N4O/c1-16-7-9-18(10-8-16)22(27)24-21-15-20(17-11-13-23-14-12-17)25-26(21)19-5-3-2-4-6-19/h2-15H,1H3,(H,24,27). The Labute approximate surface area is 157 Å². The molecule has 4 rings (SSSR count). The largest absolute Gasteiger partial charge is 0.306 e. The number of aromatic nitrogens is 3. The van der Waals surface area contributed by atoms with Crippen molar-refractivity contribution < 1.29 is 4.79 Å². The third-order valence-electron chi connectivity index (χ3n) is 4.24. The summed E-state index contributed by atoms with van der Waals surface area (Å²) < 4.78 is 1.74. The van der Waals surface area contributed by atoms with Crippen LogP contribution in [0.2, 0.25) is 0 Å². The summed E-state index contributed by atoms with van der Waals surface area (Å²) >= 11 is 0. The number of nitrogens with one attached hydrogen (secondary N) is 1. The van der Waals surface area contributed by atoms with Gasteiger partial charge in [-0.15, -0.1) is 0 Å². The molecule has 4 aromatic rings. The summed E-state index contributed by atoms with van der Waals surface area (Å²) in [6, 6.07) is 22.9. The Balaban J connectivity index is 1.73. The summed E-state index contributed by atoms with van der Waals surface area (Å²) in [6.45, 7) is 1.99. The molecule has 2 heterocycles. The number of pyridine rings is 1. The zero-order chi connectivity index (χ0) is 18.6. The summed E-state index contributed by atoms with van der Waals surface area (Å²) in [7, 11) is 0. The molecular formula is C22H18N4O. The molecule has 2 aromatic carbocycles. The van der Waals surface area contributed by atoms with Crippen molar-refractivity contribution in [3.63, 3.8) is 0 Å². The van der Waals surface area contributed by atoms with Crippen molar-refractivity contribution in [3.05, 3.63) is 96.3 Å². The fraction of sp³-hybridized carbons (Fsp3) is 0.0455. The van der Waals surface area contributed by atoms with Crippen molar-refractivity contribution in [1.82, 2.24) is 14.8 Å². The summed E-state index contributed by atoms with van der Waals surface area (Å²) in [6.07, 6.45) is 3.45. The first-order valence-electron chi connectivity index (χ1n) is 8.64. The number of aryl methyl sites for hydroxylation is 1. The van der Waals surface area contributed by atoms with E-state index in [2.05, 4.69) is 15.4 Å². The molecule has 1 N–H and O–H groups in total. The number of hydrogen-bond acceptors (Lipinski definition) is 3. The van der Waals surface area contributed by atoms with Gasteiger partial charge in [0.1, 0.15) is 5.82 Å². The fourth-order valence-corrected chi connectivity index (χ4v) is 2.79. The number of anilines is 1. The number of carbonyl (C=O) groups excluding carboxylic acids is 1. The fourth-order valence-electron chi connectivity index (χ4n) is 2.79. The van der Waals surface area contributed by atoms with Crippen LogP contribution in [-0.2, 0) is 0 Å². The van der Waals surface area contributed by atoms with E-state index < -0.39 is 0 Å². The lowest BCUT2D eigenvalue weighted by atomic mass is 10.1. The number of hydrogen-bond donors (Lipinski definition) is 1. The van der Waals surface area contributed by atoms with E-state index in [0.717, 1.165) is 22.5 Å². The minimum Gasteiger partial charge on any atom is -0.306 e. The van der Waals surface area contributed by atoms with Crippen molar-refractivity contribution in [3.8, 4) is 16.9 Å². The van der Waals surface area contributed by atoms with Crippen LogP contribution in [0.1, 0.15) is 15.9 Å². The van der Waals surface area contributed by atoms with E-state index in [4.69, 9.17) is 0 Å². The van der Waals surface area contributed by atoms with Crippen LogP contribution in [0.15, 0.2) is 85.2 Å². The SMILES string of the molecule is Cc1ccc(C(=O)Nc2cc(-c3ccncc3)nn2-c2ccccc2)cc1. The molecule has 0 saturated carbocycles. The highest BCUT2D eigenvalue weighted by molar-refractivity contribution is 6.04. The molecule has 0 bridgehead atoms. The van der Waals surface area contributed by atoms with Gasteiger partial charge in [-0.25, -0.2) is 4.68 Å². The second-order valence-corrected chi connectivity index (χ2v) is 6.22. The quantitative estimate of drug-likeness (QED) is 0.587. The molecule has 5 nitrogen and oxygen atoms in total. The van der Waals surface area contributed by atoms with Gasteiger partial charge < -0.3 is 5.32 Å². The predicted octanol–water partition coefficient (Wildman–Crippen LogP) is 4.50. The molecule has 0 fully saturated rings. The highest BCUT2D eigenvalue weighted by Gasteiger charge is 2.14. The molecule has 0 spiro atoms. The zero-order valence-electron chi connectivity index (χ0n) is 14.8. The Hall–Kier alpha value is -3.73. The molecule has 0 aliphatic carbocycles. The van der Waals surface area contributed by atoms with Crippen molar-refractivity contribution >= 4 is 11.7 Å². The number of amides is 1. The average Bonchev–Trinajstić information content (AvgIpc) is 3.13. The highest BCUT2D eigenvalue weighted by Crippen LogP contribution is 2.24. The topological polar surface area (TPSA) is 59.8 Å². The van der Waals surface area contributed by atoms with E-state index in [1.165, 1.54) is 0 Å². The van der Waals surface area contributed by atoms with Crippen LogP contribution in [0.3, 0.4) is 0 Å². The van der Waals surface area contributed by atoms with Gasteiger partial charge in [0.15, 0.2) is 0 Å². The van der Waals surface area contributed by atoms with Crippen LogP contribution in [0.25, 0.3) is 16.9 Å². The summed E-state index contributed by atoms with van der Waals surface area (Å²) in [5.74, 6) is 0.437. The average molecular weight is 354 g/mol. The Kier molecular flexibility index (Phi) is 4.49. The molecule has 132 valence electrons. The van der Waals surface area contributed by atoms with Crippen LogP contribution < -0.4 is 5.32 Å². The maximum atomic E-state index is 12.7. The summed E-state index contributed by atoms with van der Waals surface area (Å²) in [4.78, 5) is 16.7. The molecule has 0 saturated heterocycles. The van der Waals surface area contributed by atoms with Crippen LogP contribution in [0.5, 0.6) is 0 Å². The van der Waals surface area contributed by atoms with Crippen LogP contribution in [0.4, 0.5) is 5.82 Å². The smallest absolute Gasteiger partial charge is 0.256 e.